The van der Waals surface area contributed by atoms with Crippen LogP contribution in [0.25, 0.3) is 0 Å². The Bertz CT molecular complexity index is 456. The molecule has 2 saturated heterocycles. The zero-order chi connectivity index (χ0) is 13.4. The maximum atomic E-state index is 9.86. The molecule has 0 radical (unpaired) electrons. The van der Waals surface area contributed by atoms with Crippen LogP contribution in [0, 0.1) is 0 Å². The van der Waals surface area contributed by atoms with Gasteiger partial charge in [0.1, 0.15) is 5.02 Å². The summed E-state index contributed by atoms with van der Waals surface area (Å²) >= 11 is 6.27. The molecule has 0 saturated carbocycles. The van der Waals surface area contributed by atoms with Crippen LogP contribution in [-0.2, 0) is 0 Å². The molecular weight excluding hydrogens is 264 g/mol. The van der Waals surface area contributed by atoms with Crippen LogP contribution in [-0.4, -0.2) is 39.8 Å². The molecule has 104 valence electrons. The minimum atomic E-state index is -0.178. The third-order valence-electron chi connectivity index (χ3n) is 4.01. The van der Waals surface area contributed by atoms with E-state index in [4.69, 9.17) is 11.6 Å². The van der Waals surface area contributed by atoms with Crippen LogP contribution in [0.3, 0.4) is 0 Å². The van der Waals surface area contributed by atoms with E-state index in [-0.39, 0.29) is 6.10 Å². The first-order valence-corrected chi connectivity index (χ1v) is 7.29. The van der Waals surface area contributed by atoms with Crippen molar-refractivity contribution in [3.05, 3.63) is 11.2 Å². The monoisotopic (exact) mass is 282 g/mol. The zero-order valence-corrected chi connectivity index (χ0v) is 11.8. The molecule has 2 N–H and O–H groups in total. The Morgan fingerprint density at radius 1 is 1.42 bits per heavy atom. The highest BCUT2D eigenvalue weighted by molar-refractivity contribution is 6.32. The van der Waals surface area contributed by atoms with Crippen molar-refractivity contribution in [3.63, 3.8) is 0 Å². The van der Waals surface area contributed by atoms with Gasteiger partial charge in [0.15, 0.2) is 5.82 Å². The van der Waals surface area contributed by atoms with Gasteiger partial charge in [-0.15, -0.1) is 0 Å². The molecule has 1 aromatic rings. The highest BCUT2D eigenvalue weighted by Gasteiger charge is 2.41. The molecule has 2 unspecified atom stereocenters. The molecule has 3 heterocycles. The molecule has 2 atom stereocenters. The van der Waals surface area contributed by atoms with Crippen molar-refractivity contribution in [2.45, 2.75) is 50.8 Å². The smallest absolute Gasteiger partial charge is 0.224 e. The van der Waals surface area contributed by atoms with Crippen molar-refractivity contribution < 1.29 is 5.11 Å². The van der Waals surface area contributed by atoms with Gasteiger partial charge in [0.05, 0.1) is 12.3 Å². The van der Waals surface area contributed by atoms with E-state index >= 15 is 0 Å². The average molecular weight is 283 g/mol. The summed E-state index contributed by atoms with van der Waals surface area (Å²) in [4.78, 5) is 11.0. The molecule has 19 heavy (non-hydrogen) atoms. The van der Waals surface area contributed by atoms with E-state index in [1.165, 1.54) is 0 Å². The molecule has 6 heteroatoms. The summed E-state index contributed by atoms with van der Waals surface area (Å²) < 4.78 is 0. The van der Waals surface area contributed by atoms with E-state index in [0.717, 1.165) is 38.0 Å². The summed E-state index contributed by atoms with van der Waals surface area (Å²) in [5.41, 5.74) is 0. The van der Waals surface area contributed by atoms with Crippen LogP contribution in [0.4, 0.5) is 11.8 Å². The second kappa shape index (κ2) is 5.13. The second-order valence-corrected chi connectivity index (χ2v) is 5.72. The van der Waals surface area contributed by atoms with Crippen molar-refractivity contribution in [2.24, 2.45) is 0 Å². The van der Waals surface area contributed by atoms with Gasteiger partial charge in [-0.25, -0.2) is 4.98 Å². The summed E-state index contributed by atoms with van der Waals surface area (Å²) in [5.74, 6) is 1.43. The molecule has 2 aliphatic rings. The highest BCUT2D eigenvalue weighted by Crippen LogP contribution is 2.41. The van der Waals surface area contributed by atoms with Crippen LogP contribution in [0.5, 0.6) is 0 Å². The normalized spacial score (nSPS) is 29.6. The Hall–Kier alpha value is -1.07. The fourth-order valence-corrected chi connectivity index (χ4v) is 3.47. The first-order valence-electron chi connectivity index (χ1n) is 6.92. The number of fused-ring (bicyclic) bond motifs is 2. The van der Waals surface area contributed by atoms with Gasteiger partial charge in [0, 0.05) is 18.6 Å². The van der Waals surface area contributed by atoms with E-state index in [0.29, 0.717) is 23.1 Å². The molecule has 2 fully saturated rings. The lowest BCUT2D eigenvalue weighted by molar-refractivity contribution is 0.126. The Labute approximate surface area is 118 Å². The number of hydrogen-bond acceptors (Lipinski definition) is 5. The number of aromatic nitrogens is 2. The number of piperidine rings is 1. The van der Waals surface area contributed by atoms with E-state index in [2.05, 4.69) is 20.2 Å². The number of rotatable bonds is 3. The van der Waals surface area contributed by atoms with Gasteiger partial charge >= 0.3 is 0 Å². The summed E-state index contributed by atoms with van der Waals surface area (Å²) in [7, 11) is 0. The highest BCUT2D eigenvalue weighted by atomic mass is 35.5. The number of aliphatic hydroxyl groups excluding tert-OH is 1. The first kappa shape index (κ1) is 12.9. The maximum Gasteiger partial charge on any atom is 0.224 e. The van der Waals surface area contributed by atoms with E-state index < -0.39 is 0 Å². The quantitative estimate of drug-likeness (QED) is 0.888. The summed E-state index contributed by atoms with van der Waals surface area (Å²) in [5, 5.41) is 13.6. The van der Waals surface area contributed by atoms with Gasteiger partial charge in [-0.2, -0.15) is 4.98 Å². The molecule has 2 aliphatic heterocycles. The summed E-state index contributed by atoms with van der Waals surface area (Å²) in [6.07, 6.45) is 5.33. The third-order valence-corrected chi connectivity index (χ3v) is 4.28. The number of nitrogens with one attached hydrogen (secondary N) is 1. The van der Waals surface area contributed by atoms with Crippen LogP contribution >= 0.6 is 11.6 Å². The van der Waals surface area contributed by atoms with Gasteiger partial charge < -0.3 is 15.3 Å². The lowest BCUT2D eigenvalue weighted by atomic mass is 10.00. The maximum absolute atomic E-state index is 9.86. The number of aliphatic hydroxyl groups is 1. The van der Waals surface area contributed by atoms with E-state index in [9.17, 15) is 5.11 Å². The average Bonchev–Trinajstić information content (AvgIpc) is 2.64. The molecule has 5 nitrogen and oxygen atoms in total. The Balaban J connectivity index is 1.91. The molecule has 3 rings (SSSR count). The van der Waals surface area contributed by atoms with Gasteiger partial charge in [0.2, 0.25) is 5.95 Å². The Morgan fingerprint density at radius 2 is 2.11 bits per heavy atom. The molecule has 0 aliphatic carbocycles. The van der Waals surface area contributed by atoms with Crippen LogP contribution in [0.15, 0.2) is 6.20 Å². The largest absolute Gasteiger partial charge is 0.393 e. The van der Waals surface area contributed by atoms with Crippen LogP contribution < -0.4 is 10.2 Å². The van der Waals surface area contributed by atoms with Crippen molar-refractivity contribution in [2.75, 3.05) is 16.8 Å². The molecule has 0 aromatic carbocycles. The lowest BCUT2D eigenvalue weighted by Crippen LogP contribution is -2.45. The molecular formula is C13H19ClN4O. The van der Waals surface area contributed by atoms with Crippen molar-refractivity contribution >= 4 is 23.4 Å². The zero-order valence-electron chi connectivity index (χ0n) is 11.0. The van der Waals surface area contributed by atoms with Crippen LogP contribution in [0.2, 0.25) is 5.02 Å². The predicted octanol–water partition coefficient (Wildman–Crippen LogP) is 2.05. The third kappa shape index (κ3) is 2.37. The molecule has 0 amide bonds. The molecule has 2 bridgehead atoms. The first-order chi connectivity index (χ1) is 9.19. The van der Waals surface area contributed by atoms with Gasteiger partial charge in [0.25, 0.3) is 0 Å². The summed E-state index contributed by atoms with van der Waals surface area (Å²) in [6.45, 7) is 2.80. The Kier molecular flexibility index (Phi) is 3.50. The fourth-order valence-electron chi connectivity index (χ4n) is 3.28. The lowest BCUT2D eigenvalue weighted by Gasteiger charge is -2.38. The van der Waals surface area contributed by atoms with Crippen LogP contribution in [0.1, 0.15) is 32.6 Å². The van der Waals surface area contributed by atoms with E-state index in [1.807, 2.05) is 6.92 Å². The van der Waals surface area contributed by atoms with Gasteiger partial charge in [-0.05, 0) is 32.6 Å². The molecule has 0 spiro atoms. The van der Waals surface area contributed by atoms with Crippen molar-refractivity contribution in [3.8, 4) is 0 Å². The Morgan fingerprint density at radius 3 is 2.74 bits per heavy atom. The second-order valence-electron chi connectivity index (χ2n) is 5.31. The molecule has 1 aromatic heterocycles. The van der Waals surface area contributed by atoms with Gasteiger partial charge in [-0.1, -0.05) is 11.6 Å². The van der Waals surface area contributed by atoms with E-state index in [1.54, 1.807) is 6.20 Å². The van der Waals surface area contributed by atoms with Gasteiger partial charge in [-0.3, -0.25) is 0 Å². The predicted molar refractivity (Wildman–Crippen MR) is 75.7 cm³/mol. The standard InChI is InChI=1S/C13H19ClN4O/c1-2-15-13-16-7-11(14)12(17-13)18-8-3-4-9(18)6-10(19)5-8/h7-10,19H,2-6H2,1H3,(H,15,16,17). The number of hydrogen-bond donors (Lipinski definition) is 2. The topological polar surface area (TPSA) is 61.3 Å². The van der Waals surface area contributed by atoms with Crippen molar-refractivity contribution in [1.29, 1.82) is 0 Å². The minimum absolute atomic E-state index is 0.178. The van der Waals surface area contributed by atoms with Crippen molar-refractivity contribution in [1.82, 2.24) is 9.97 Å². The summed E-state index contributed by atoms with van der Waals surface area (Å²) in [6, 6.07) is 0.714. The fraction of sp³-hybridized carbons (Fsp3) is 0.692. The number of halogens is 1. The number of nitrogens with zero attached hydrogens (tertiary/aromatic N) is 3. The minimum Gasteiger partial charge on any atom is -0.393 e. The SMILES string of the molecule is CCNc1ncc(Cl)c(N2C3CCC2CC(O)C3)n1. The number of anilines is 2.